The van der Waals surface area contributed by atoms with Gasteiger partial charge in [-0.3, -0.25) is 0 Å². The Morgan fingerprint density at radius 1 is 1.32 bits per heavy atom. The van der Waals surface area contributed by atoms with Crippen molar-refractivity contribution >= 4 is 22.7 Å². The number of hydrogen-bond acceptors (Lipinski definition) is 5. The lowest BCUT2D eigenvalue weighted by Gasteiger charge is -2.29. The second kappa shape index (κ2) is 4.81. The summed E-state index contributed by atoms with van der Waals surface area (Å²) in [5.74, 6) is 0.125. The van der Waals surface area contributed by atoms with Crippen LogP contribution < -0.4 is 20.7 Å². The maximum absolute atomic E-state index is 10.7. The number of fused-ring (bicyclic) bond motifs is 1. The number of anilines is 1. The standard InChI is InChI=1S/C13H15N3O3/c14-13(17)19-12-8-9-7-10(1-2-11(9)18-12)16-5-3-15-4-6-16/h1-2,7-8,15H,3-6H2,(H2,14,17). The smallest absolute Gasteiger partial charge is 0.412 e. The predicted octanol–water partition coefficient (Wildman–Crippen LogP) is 1.30. The van der Waals surface area contributed by atoms with Crippen molar-refractivity contribution in [2.45, 2.75) is 0 Å². The van der Waals surface area contributed by atoms with Gasteiger partial charge in [-0.25, -0.2) is 4.79 Å². The number of nitrogens with two attached hydrogens (primary N) is 1. The zero-order chi connectivity index (χ0) is 13.2. The Labute approximate surface area is 110 Å². The molecule has 0 saturated carbocycles. The minimum absolute atomic E-state index is 0.125. The molecular formula is C13H15N3O3. The first kappa shape index (κ1) is 11.9. The minimum atomic E-state index is -0.874. The molecule has 1 fully saturated rings. The van der Waals surface area contributed by atoms with E-state index >= 15 is 0 Å². The average Bonchev–Trinajstić information content (AvgIpc) is 2.79. The minimum Gasteiger partial charge on any atom is -0.425 e. The van der Waals surface area contributed by atoms with Crippen LogP contribution in [0, 0.1) is 0 Å². The van der Waals surface area contributed by atoms with E-state index in [2.05, 4.69) is 10.2 Å². The molecule has 0 bridgehead atoms. The maximum atomic E-state index is 10.7. The molecule has 1 aromatic carbocycles. The van der Waals surface area contributed by atoms with Crippen LogP contribution in [0.2, 0.25) is 0 Å². The Morgan fingerprint density at radius 2 is 2.11 bits per heavy atom. The molecule has 3 rings (SSSR count). The first-order chi connectivity index (χ1) is 9.22. The monoisotopic (exact) mass is 261 g/mol. The van der Waals surface area contributed by atoms with E-state index in [0.717, 1.165) is 37.3 Å². The van der Waals surface area contributed by atoms with Crippen LogP contribution in [0.1, 0.15) is 0 Å². The number of benzene rings is 1. The second-order valence-electron chi connectivity index (χ2n) is 4.45. The van der Waals surface area contributed by atoms with Crippen LogP contribution in [-0.4, -0.2) is 32.3 Å². The van der Waals surface area contributed by atoms with Crippen molar-refractivity contribution in [3.05, 3.63) is 24.3 Å². The van der Waals surface area contributed by atoms with Crippen molar-refractivity contribution in [2.75, 3.05) is 31.1 Å². The molecule has 0 spiro atoms. The molecule has 6 heteroatoms. The van der Waals surface area contributed by atoms with Gasteiger partial charge in [0, 0.05) is 43.3 Å². The van der Waals surface area contributed by atoms with Gasteiger partial charge in [0.2, 0.25) is 0 Å². The van der Waals surface area contributed by atoms with Crippen molar-refractivity contribution in [3.63, 3.8) is 0 Å². The van der Waals surface area contributed by atoms with Crippen LogP contribution in [0.5, 0.6) is 5.95 Å². The fourth-order valence-electron chi connectivity index (χ4n) is 2.28. The van der Waals surface area contributed by atoms with Crippen LogP contribution in [0.3, 0.4) is 0 Å². The molecule has 0 aliphatic carbocycles. The maximum Gasteiger partial charge on any atom is 0.412 e. The number of rotatable bonds is 2. The summed E-state index contributed by atoms with van der Waals surface area (Å²) in [6, 6.07) is 7.58. The van der Waals surface area contributed by atoms with E-state index in [1.165, 1.54) is 0 Å². The fourth-order valence-corrected chi connectivity index (χ4v) is 2.28. The quantitative estimate of drug-likeness (QED) is 0.851. The lowest BCUT2D eigenvalue weighted by Crippen LogP contribution is -2.43. The van der Waals surface area contributed by atoms with E-state index in [1.54, 1.807) is 6.07 Å². The SMILES string of the molecule is NC(=O)Oc1cc2cc(N3CCNCC3)ccc2o1. The van der Waals surface area contributed by atoms with Crippen LogP contribution in [0.15, 0.2) is 28.7 Å². The Kier molecular flexibility index (Phi) is 3.00. The largest absolute Gasteiger partial charge is 0.425 e. The number of primary amides is 1. The Balaban J connectivity index is 1.89. The first-order valence-electron chi connectivity index (χ1n) is 6.19. The third-order valence-corrected chi connectivity index (χ3v) is 3.16. The molecule has 2 heterocycles. The van der Waals surface area contributed by atoms with Gasteiger partial charge in [-0.1, -0.05) is 0 Å². The Bertz CT molecular complexity index is 602. The normalized spacial score (nSPS) is 15.7. The summed E-state index contributed by atoms with van der Waals surface area (Å²) in [5, 5.41) is 4.21. The first-order valence-corrected chi connectivity index (χ1v) is 6.19. The van der Waals surface area contributed by atoms with E-state index in [4.69, 9.17) is 14.9 Å². The number of hydrogen-bond donors (Lipinski definition) is 2. The highest BCUT2D eigenvalue weighted by Gasteiger charge is 2.13. The highest BCUT2D eigenvalue weighted by atomic mass is 16.6. The molecule has 100 valence electrons. The molecule has 1 saturated heterocycles. The van der Waals surface area contributed by atoms with Gasteiger partial charge in [-0.05, 0) is 18.2 Å². The third kappa shape index (κ3) is 2.48. The molecule has 1 aliphatic rings. The van der Waals surface area contributed by atoms with Crippen molar-refractivity contribution < 1.29 is 13.9 Å². The van der Waals surface area contributed by atoms with Gasteiger partial charge in [-0.15, -0.1) is 0 Å². The predicted molar refractivity (Wildman–Crippen MR) is 71.5 cm³/mol. The summed E-state index contributed by atoms with van der Waals surface area (Å²) < 4.78 is 10.1. The molecule has 1 amide bonds. The molecule has 0 atom stereocenters. The molecule has 1 aromatic heterocycles. The lowest BCUT2D eigenvalue weighted by atomic mass is 10.2. The highest BCUT2D eigenvalue weighted by Crippen LogP contribution is 2.28. The Hall–Kier alpha value is -2.21. The Morgan fingerprint density at radius 3 is 2.84 bits per heavy atom. The molecule has 0 radical (unpaired) electrons. The summed E-state index contributed by atoms with van der Waals surface area (Å²) in [5.41, 5.74) is 6.77. The van der Waals surface area contributed by atoms with E-state index < -0.39 is 6.09 Å². The van der Waals surface area contributed by atoms with E-state index in [-0.39, 0.29) is 5.95 Å². The van der Waals surface area contributed by atoms with Crippen LogP contribution in [0.25, 0.3) is 11.0 Å². The lowest BCUT2D eigenvalue weighted by molar-refractivity contribution is 0.199. The molecule has 2 aromatic rings. The van der Waals surface area contributed by atoms with Crippen LogP contribution in [0.4, 0.5) is 10.5 Å². The van der Waals surface area contributed by atoms with Crippen LogP contribution >= 0.6 is 0 Å². The topological polar surface area (TPSA) is 80.7 Å². The fraction of sp³-hybridized carbons (Fsp3) is 0.308. The molecule has 3 N–H and O–H groups in total. The van der Waals surface area contributed by atoms with Crippen molar-refractivity contribution in [2.24, 2.45) is 5.73 Å². The van der Waals surface area contributed by atoms with Crippen LogP contribution in [-0.2, 0) is 0 Å². The van der Waals surface area contributed by atoms with Gasteiger partial charge < -0.3 is 25.1 Å². The second-order valence-corrected chi connectivity index (χ2v) is 4.45. The molecule has 1 aliphatic heterocycles. The van der Waals surface area contributed by atoms with Gasteiger partial charge in [0.15, 0.2) is 0 Å². The number of furan rings is 1. The van der Waals surface area contributed by atoms with Gasteiger partial charge in [0.05, 0.1) is 0 Å². The number of ether oxygens (including phenoxy) is 1. The average molecular weight is 261 g/mol. The van der Waals surface area contributed by atoms with Gasteiger partial charge >= 0.3 is 6.09 Å². The summed E-state index contributed by atoms with van der Waals surface area (Å²) in [4.78, 5) is 13.0. The van der Waals surface area contributed by atoms with E-state index in [0.29, 0.717) is 5.58 Å². The van der Waals surface area contributed by atoms with Gasteiger partial charge in [-0.2, -0.15) is 0 Å². The van der Waals surface area contributed by atoms with E-state index in [1.807, 2.05) is 18.2 Å². The van der Waals surface area contributed by atoms with Gasteiger partial charge in [0.25, 0.3) is 5.95 Å². The highest BCUT2D eigenvalue weighted by molar-refractivity contribution is 5.83. The third-order valence-electron chi connectivity index (χ3n) is 3.16. The van der Waals surface area contributed by atoms with Crippen molar-refractivity contribution in [1.82, 2.24) is 5.32 Å². The zero-order valence-corrected chi connectivity index (χ0v) is 10.4. The number of amides is 1. The summed E-state index contributed by atoms with van der Waals surface area (Å²) in [6.07, 6.45) is -0.874. The molecular weight excluding hydrogens is 246 g/mol. The van der Waals surface area contributed by atoms with Crippen molar-refractivity contribution in [3.8, 4) is 5.95 Å². The molecule has 19 heavy (non-hydrogen) atoms. The summed E-state index contributed by atoms with van der Waals surface area (Å²) >= 11 is 0. The van der Waals surface area contributed by atoms with Gasteiger partial charge in [0.1, 0.15) is 5.58 Å². The molecule has 0 unspecified atom stereocenters. The number of nitrogens with one attached hydrogen (secondary N) is 1. The summed E-state index contributed by atoms with van der Waals surface area (Å²) in [6.45, 7) is 3.93. The number of nitrogens with zero attached hydrogens (tertiary/aromatic N) is 1. The number of piperazine rings is 1. The number of carbonyl (C=O) groups is 1. The molecule has 6 nitrogen and oxygen atoms in total. The zero-order valence-electron chi connectivity index (χ0n) is 10.4. The van der Waals surface area contributed by atoms with Crippen molar-refractivity contribution in [1.29, 1.82) is 0 Å². The van der Waals surface area contributed by atoms with E-state index in [9.17, 15) is 4.79 Å². The summed E-state index contributed by atoms with van der Waals surface area (Å²) in [7, 11) is 0. The number of carbonyl (C=O) groups excluding carboxylic acids is 1.